The third-order valence-electron chi connectivity index (χ3n) is 1.42. The molecule has 0 saturated heterocycles. The van der Waals surface area contributed by atoms with Crippen LogP contribution in [0.5, 0.6) is 0 Å². The molecule has 2 nitrogen and oxygen atoms in total. The predicted octanol–water partition coefficient (Wildman–Crippen LogP) is 3.31. The minimum absolute atomic E-state index is 0.326. The van der Waals surface area contributed by atoms with Crippen LogP contribution in [0.1, 0.15) is 53.4 Å². The second-order valence-electron chi connectivity index (χ2n) is 3.03. The molecule has 0 fully saturated rings. The highest BCUT2D eigenvalue weighted by Gasteiger charge is 1.97. The summed E-state index contributed by atoms with van der Waals surface area (Å²) in [4.78, 5) is 10.0. The summed E-state index contributed by atoms with van der Waals surface area (Å²) in [5.41, 5.74) is 0. The minimum Gasteiger partial charge on any atom is -0.481 e. The van der Waals surface area contributed by atoms with Gasteiger partial charge in [-0.2, -0.15) is 0 Å². The molecule has 0 unspecified atom stereocenters. The molecule has 0 saturated carbocycles. The van der Waals surface area contributed by atoms with Gasteiger partial charge in [-0.3, -0.25) is 4.79 Å². The van der Waals surface area contributed by atoms with Crippen LogP contribution in [-0.2, 0) is 4.79 Å². The van der Waals surface area contributed by atoms with Crippen LogP contribution >= 0.6 is 0 Å². The van der Waals surface area contributed by atoms with Crippen molar-refractivity contribution in [1.29, 1.82) is 0 Å². The van der Waals surface area contributed by atoms with Crippen LogP contribution in [0.3, 0.4) is 0 Å². The van der Waals surface area contributed by atoms with Gasteiger partial charge in [0, 0.05) is 6.42 Å². The van der Waals surface area contributed by atoms with Crippen molar-refractivity contribution in [3.63, 3.8) is 0 Å². The maximum absolute atomic E-state index is 10.0. The number of rotatable bonds is 5. The third-order valence-corrected chi connectivity index (χ3v) is 1.42. The first-order valence-electron chi connectivity index (χ1n) is 4.84. The van der Waals surface area contributed by atoms with E-state index in [4.69, 9.17) is 5.11 Å². The molecule has 0 heterocycles. The molecule has 0 radical (unpaired) electrons. The fraction of sp³-hybridized carbons (Fsp3) is 0.900. The van der Waals surface area contributed by atoms with Gasteiger partial charge in [-0.05, 0) is 12.3 Å². The first-order valence-corrected chi connectivity index (χ1v) is 4.84. The number of carboxylic acids is 1. The molecule has 0 aromatic carbocycles. The van der Waals surface area contributed by atoms with E-state index in [9.17, 15) is 4.79 Å². The Morgan fingerprint density at radius 1 is 1.25 bits per heavy atom. The number of unbranched alkanes of at least 4 members (excludes halogenated alkanes) is 1. The molecule has 0 aliphatic heterocycles. The van der Waals surface area contributed by atoms with Gasteiger partial charge in [-0.15, -0.1) is 0 Å². The monoisotopic (exact) mass is 174 g/mol. The van der Waals surface area contributed by atoms with Crippen LogP contribution in [0.25, 0.3) is 0 Å². The average Bonchev–Trinajstić information content (AvgIpc) is 2.02. The Balaban J connectivity index is 0. The fourth-order valence-electron chi connectivity index (χ4n) is 0.829. The van der Waals surface area contributed by atoms with Crippen molar-refractivity contribution in [2.45, 2.75) is 53.4 Å². The third kappa shape index (κ3) is 16.2. The van der Waals surface area contributed by atoms with E-state index < -0.39 is 5.97 Å². The molecule has 74 valence electrons. The normalized spacial score (nSPS) is 9.08. The van der Waals surface area contributed by atoms with Crippen LogP contribution in [0.2, 0.25) is 0 Å². The van der Waals surface area contributed by atoms with Crippen molar-refractivity contribution in [3.8, 4) is 0 Å². The molecule has 0 amide bonds. The highest BCUT2D eigenvalue weighted by atomic mass is 16.4. The van der Waals surface area contributed by atoms with Crippen molar-refractivity contribution in [2.75, 3.05) is 0 Å². The summed E-state index contributed by atoms with van der Waals surface area (Å²) in [6, 6.07) is 0. The maximum Gasteiger partial charge on any atom is 0.303 e. The van der Waals surface area contributed by atoms with Gasteiger partial charge < -0.3 is 5.11 Å². The molecule has 0 rings (SSSR count). The molecule has 0 aromatic heterocycles. The molecule has 0 aliphatic carbocycles. The van der Waals surface area contributed by atoms with Crippen molar-refractivity contribution >= 4 is 5.97 Å². The predicted molar refractivity (Wildman–Crippen MR) is 52.3 cm³/mol. The number of carbonyl (C=O) groups is 1. The Morgan fingerprint density at radius 3 is 2.08 bits per heavy atom. The number of aliphatic carboxylic acids is 1. The smallest absolute Gasteiger partial charge is 0.303 e. The van der Waals surface area contributed by atoms with Gasteiger partial charge in [0.15, 0.2) is 0 Å². The van der Waals surface area contributed by atoms with E-state index in [-0.39, 0.29) is 0 Å². The number of hydrogen-bond donors (Lipinski definition) is 1. The lowest BCUT2D eigenvalue weighted by molar-refractivity contribution is -0.137. The first-order chi connectivity index (χ1) is 5.63. The van der Waals surface area contributed by atoms with Crippen LogP contribution in [0.4, 0.5) is 0 Å². The lowest BCUT2D eigenvalue weighted by atomic mass is 10.1. The van der Waals surface area contributed by atoms with Gasteiger partial charge in [0.2, 0.25) is 0 Å². The summed E-state index contributed by atoms with van der Waals surface area (Å²) in [5.74, 6) is 0.0255. The van der Waals surface area contributed by atoms with Gasteiger partial charge in [-0.25, -0.2) is 0 Å². The van der Waals surface area contributed by atoms with Crippen molar-refractivity contribution in [2.24, 2.45) is 5.92 Å². The zero-order chi connectivity index (χ0) is 9.98. The zero-order valence-electron chi connectivity index (χ0n) is 8.76. The van der Waals surface area contributed by atoms with Crippen molar-refractivity contribution in [1.82, 2.24) is 0 Å². The summed E-state index contributed by atoms with van der Waals surface area (Å²) in [6.07, 6.45) is 3.34. The topological polar surface area (TPSA) is 37.3 Å². The number of hydrogen-bond acceptors (Lipinski definition) is 1. The second-order valence-corrected chi connectivity index (χ2v) is 3.03. The molecule has 0 spiro atoms. The van der Waals surface area contributed by atoms with Crippen LogP contribution in [-0.4, -0.2) is 11.1 Å². The summed E-state index contributed by atoms with van der Waals surface area (Å²) >= 11 is 0. The highest BCUT2D eigenvalue weighted by Crippen LogP contribution is 2.07. The SMILES string of the molecule is CC.CC(C)CCCCC(=O)O. The Labute approximate surface area is 76.0 Å². The van der Waals surface area contributed by atoms with E-state index in [1.165, 1.54) is 0 Å². The maximum atomic E-state index is 10.0. The van der Waals surface area contributed by atoms with Gasteiger partial charge in [-0.1, -0.05) is 40.5 Å². The second kappa shape index (κ2) is 10.5. The van der Waals surface area contributed by atoms with Gasteiger partial charge in [0.25, 0.3) is 0 Å². The molecule has 0 aliphatic rings. The van der Waals surface area contributed by atoms with Gasteiger partial charge in [0.05, 0.1) is 0 Å². The largest absolute Gasteiger partial charge is 0.481 e. The lowest BCUT2D eigenvalue weighted by Gasteiger charge is -2.01. The molecule has 0 atom stereocenters. The summed E-state index contributed by atoms with van der Waals surface area (Å²) < 4.78 is 0. The zero-order valence-corrected chi connectivity index (χ0v) is 8.76. The Bertz CT molecular complexity index is 98.0. The van der Waals surface area contributed by atoms with Crippen LogP contribution < -0.4 is 0 Å². The van der Waals surface area contributed by atoms with Crippen LogP contribution in [0, 0.1) is 5.92 Å². The van der Waals surface area contributed by atoms with Crippen molar-refractivity contribution in [3.05, 3.63) is 0 Å². The van der Waals surface area contributed by atoms with Crippen LogP contribution in [0.15, 0.2) is 0 Å². The molecule has 0 aromatic rings. The molecule has 0 bridgehead atoms. The Morgan fingerprint density at radius 2 is 1.75 bits per heavy atom. The first kappa shape index (κ1) is 14.0. The lowest BCUT2D eigenvalue weighted by Crippen LogP contribution is -1.94. The minimum atomic E-state index is -0.677. The number of carboxylic acid groups (broad SMARTS) is 1. The van der Waals surface area contributed by atoms with E-state index >= 15 is 0 Å². The van der Waals surface area contributed by atoms with E-state index in [0.29, 0.717) is 12.3 Å². The van der Waals surface area contributed by atoms with E-state index in [0.717, 1.165) is 19.3 Å². The summed E-state index contributed by atoms with van der Waals surface area (Å²) in [7, 11) is 0. The fourth-order valence-corrected chi connectivity index (χ4v) is 0.829. The molecule has 2 heteroatoms. The standard InChI is InChI=1S/C8H16O2.C2H6/c1-7(2)5-3-4-6-8(9)10;1-2/h7H,3-6H2,1-2H3,(H,9,10);1-2H3. The van der Waals surface area contributed by atoms with Gasteiger partial charge in [0.1, 0.15) is 0 Å². The van der Waals surface area contributed by atoms with Gasteiger partial charge >= 0.3 is 5.97 Å². The molecular formula is C10H22O2. The van der Waals surface area contributed by atoms with E-state index in [1.807, 2.05) is 13.8 Å². The van der Waals surface area contributed by atoms with Crippen molar-refractivity contribution < 1.29 is 9.90 Å². The quantitative estimate of drug-likeness (QED) is 0.649. The van der Waals surface area contributed by atoms with E-state index in [1.54, 1.807) is 0 Å². The molecular weight excluding hydrogens is 152 g/mol. The molecule has 1 N–H and O–H groups in total. The average molecular weight is 174 g/mol. The highest BCUT2D eigenvalue weighted by molar-refractivity contribution is 5.66. The Hall–Kier alpha value is -0.530. The summed E-state index contributed by atoms with van der Waals surface area (Å²) in [5, 5.41) is 8.28. The molecule has 12 heavy (non-hydrogen) atoms. The summed E-state index contributed by atoms with van der Waals surface area (Å²) in [6.45, 7) is 8.31. The van der Waals surface area contributed by atoms with E-state index in [2.05, 4.69) is 13.8 Å². The Kier molecular flexibility index (Phi) is 12.2.